The molecule has 0 aromatic rings. The van der Waals surface area contributed by atoms with Crippen LogP contribution in [0.3, 0.4) is 0 Å². The lowest BCUT2D eigenvalue weighted by molar-refractivity contribution is -0.130. The molecule has 16 heteroatoms. The zero-order valence-corrected chi connectivity index (χ0v) is 23.2. The third-order valence-corrected chi connectivity index (χ3v) is 7.02. The molecule has 0 amide bonds. The first-order valence-corrected chi connectivity index (χ1v) is 13.6. The van der Waals surface area contributed by atoms with Gasteiger partial charge in [0.05, 0.1) is 76.3 Å². The number of aliphatic hydroxyl groups excluding tert-OH is 12. The number of hydrogen-bond donors (Lipinski definition) is 15. The van der Waals surface area contributed by atoms with E-state index in [2.05, 4.69) is 10.6 Å². The van der Waals surface area contributed by atoms with Crippen molar-refractivity contribution in [3.05, 3.63) is 0 Å². The van der Waals surface area contributed by atoms with Crippen molar-refractivity contribution in [3.8, 4) is 0 Å². The van der Waals surface area contributed by atoms with Crippen molar-refractivity contribution in [3.63, 3.8) is 0 Å². The summed E-state index contributed by atoms with van der Waals surface area (Å²) in [5, 5.41) is 129. The maximum absolute atomic E-state index is 10.8. The Morgan fingerprint density at radius 1 is 0.525 bits per heavy atom. The van der Waals surface area contributed by atoms with Crippen LogP contribution < -0.4 is 16.4 Å². The zero-order valence-electron chi connectivity index (χ0n) is 23.2. The molecule has 6 atom stereocenters. The number of hydrogen-bond acceptors (Lipinski definition) is 16. The van der Waals surface area contributed by atoms with Gasteiger partial charge in [-0.05, 0) is 25.7 Å². The van der Waals surface area contributed by atoms with E-state index in [4.69, 9.17) is 5.73 Å². The summed E-state index contributed by atoms with van der Waals surface area (Å²) in [4.78, 5) is 1.35. The van der Waals surface area contributed by atoms with E-state index in [-0.39, 0.29) is 19.4 Å². The lowest BCUT2D eigenvalue weighted by atomic mass is 9.63. The summed E-state index contributed by atoms with van der Waals surface area (Å²) in [6.45, 7) is -4.21. The molecule has 16 N–H and O–H groups in total. The Balaban J connectivity index is 7.53. The third-order valence-electron chi connectivity index (χ3n) is 7.02. The summed E-state index contributed by atoms with van der Waals surface area (Å²) in [5.41, 5.74) is 2.06. The summed E-state index contributed by atoms with van der Waals surface area (Å²) in [6, 6.07) is 0. The van der Waals surface area contributed by atoms with Crippen molar-refractivity contribution in [2.24, 2.45) is 5.73 Å². The van der Waals surface area contributed by atoms with E-state index in [9.17, 15) is 61.3 Å². The molecule has 0 rings (SSSR count). The van der Waals surface area contributed by atoms with E-state index in [1.54, 1.807) is 0 Å². The van der Waals surface area contributed by atoms with Gasteiger partial charge in [0, 0.05) is 50.3 Å². The molecule has 0 fully saturated rings. The highest BCUT2D eigenvalue weighted by atomic mass is 16.3. The van der Waals surface area contributed by atoms with Crippen LogP contribution in [0.25, 0.3) is 0 Å². The van der Waals surface area contributed by atoms with E-state index in [0.717, 1.165) is 0 Å². The normalized spacial score (nSPS) is 19.9. The molecule has 0 bridgehead atoms. The van der Waals surface area contributed by atoms with Gasteiger partial charge in [-0.3, -0.25) is 4.90 Å². The first-order chi connectivity index (χ1) is 18.9. The van der Waals surface area contributed by atoms with Gasteiger partial charge in [0.15, 0.2) is 0 Å². The van der Waals surface area contributed by atoms with Gasteiger partial charge in [-0.15, -0.1) is 0 Å². The molecule has 0 saturated heterocycles. The van der Waals surface area contributed by atoms with Crippen LogP contribution in [0.4, 0.5) is 0 Å². The molecule has 0 aliphatic heterocycles. The van der Waals surface area contributed by atoms with Crippen LogP contribution >= 0.6 is 0 Å². The monoisotopic (exact) mass is 590 g/mol. The van der Waals surface area contributed by atoms with Crippen molar-refractivity contribution in [2.75, 3.05) is 78.9 Å². The van der Waals surface area contributed by atoms with Crippen LogP contribution in [-0.4, -0.2) is 193 Å². The molecular weight excluding hydrogens is 536 g/mol. The summed E-state index contributed by atoms with van der Waals surface area (Å²) in [6.07, 6.45) is -10.5. The van der Waals surface area contributed by atoms with Gasteiger partial charge in [0.1, 0.15) is 0 Å². The quantitative estimate of drug-likeness (QED) is 0.0416. The van der Waals surface area contributed by atoms with Crippen LogP contribution in [0, 0.1) is 0 Å². The highest BCUT2D eigenvalue weighted by Gasteiger charge is 2.57. The molecular formula is C24H54N4O12. The van der Waals surface area contributed by atoms with E-state index >= 15 is 0 Å². The van der Waals surface area contributed by atoms with Gasteiger partial charge < -0.3 is 77.6 Å². The van der Waals surface area contributed by atoms with E-state index in [0.29, 0.717) is 19.6 Å². The minimum absolute atomic E-state index is 0.113. The minimum Gasteiger partial charge on any atom is -0.394 e. The van der Waals surface area contributed by atoms with Crippen LogP contribution in [-0.2, 0) is 0 Å². The second-order valence-electron chi connectivity index (χ2n) is 10.3. The number of aliphatic hydroxyl groups is 12. The SMILES string of the molecule is NCCNCCNC(CC(O)CO)(CC(O)CO)C(CC(O)CO)(CC(O)CO)N(CC(O)CO)CC(O)CO. The van der Waals surface area contributed by atoms with E-state index in [1.807, 2.05) is 0 Å². The average Bonchev–Trinajstić information content (AvgIpc) is 2.95. The third kappa shape index (κ3) is 12.7. The molecule has 0 aromatic heterocycles. The molecule has 0 heterocycles. The Hall–Kier alpha value is -0.640. The van der Waals surface area contributed by atoms with Crippen molar-refractivity contribution in [2.45, 2.75) is 73.4 Å². The number of β-amino-alcohol motifs (C(OH)–C–C–N with tert-alkyl or cyclic N) is 2. The maximum Gasteiger partial charge on any atom is 0.0897 e. The lowest BCUT2D eigenvalue weighted by Crippen LogP contribution is -2.75. The molecule has 0 saturated carbocycles. The predicted octanol–water partition coefficient (Wildman–Crippen LogP) is -7.42. The van der Waals surface area contributed by atoms with Crippen LogP contribution in [0.5, 0.6) is 0 Å². The molecule has 40 heavy (non-hydrogen) atoms. The second kappa shape index (κ2) is 21.1. The first-order valence-electron chi connectivity index (χ1n) is 13.6. The Labute approximate surface area is 235 Å². The Bertz CT molecular complexity index is 590. The molecule has 0 aromatic carbocycles. The van der Waals surface area contributed by atoms with E-state index < -0.39 is 113 Å². The van der Waals surface area contributed by atoms with Crippen molar-refractivity contribution in [1.82, 2.24) is 15.5 Å². The zero-order chi connectivity index (χ0) is 30.8. The molecule has 0 radical (unpaired) electrons. The van der Waals surface area contributed by atoms with Crippen molar-refractivity contribution >= 4 is 0 Å². The summed E-state index contributed by atoms with van der Waals surface area (Å²) in [7, 11) is 0. The first kappa shape index (κ1) is 39.4. The number of nitrogens with one attached hydrogen (secondary N) is 2. The van der Waals surface area contributed by atoms with Crippen LogP contribution in [0.2, 0.25) is 0 Å². The number of rotatable bonds is 26. The molecule has 242 valence electrons. The van der Waals surface area contributed by atoms with Crippen molar-refractivity contribution in [1.29, 1.82) is 0 Å². The predicted molar refractivity (Wildman–Crippen MR) is 144 cm³/mol. The maximum atomic E-state index is 10.8. The number of nitrogens with zero attached hydrogens (tertiary/aromatic N) is 1. The molecule has 16 nitrogen and oxygen atoms in total. The molecule has 0 aliphatic rings. The molecule has 0 spiro atoms. The van der Waals surface area contributed by atoms with Gasteiger partial charge in [0.2, 0.25) is 0 Å². The highest BCUT2D eigenvalue weighted by molar-refractivity contribution is 5.15. The lowest BCUT2D eigenvalue weighted by Gasteiger charge is -2.60. The Kier molecular flexibility index (Phi) is 20.8. The largest absolute Gasteiger partial charge is 0.394 e. The Morgan fingerprint density at radius 3 is 1.25 bits per heavy atom. The minimum atomic E-state index is -1.79. The van der Waals surface area contributed by atoms with Gasteiger partial charge in [-0.25, -0.2) is 0 Å². The fourth-order valence-corrected chi connectivity index (χ4v) is 5.31. The summed E-state index contributed by atoms with van der Waals surface area (Å²) < 4.78 is 0. The van der Waals surface area contributed by atoms with Crippen LogP contribution in [0.1, 0.15) is 25.7 Å². The molecule has 6 unspecified atom stereocenters. The standard InChI is InChI=1S/C24H54N4O12/c25-1-2-26-3-4-27-23(5-17(35)11-29,6-18(36)12-30)24(7-19(37)13-31,8-20(38)14-32)28(9-21(39)15-33)10-22(40)16-34/h17-22,26-27,29-40H,1-16,25H2. The van der Waals surface area contributed by atoms with Gasteiger partial charge >= 0.3 is 0 Å². The van der Waals surface area contributed by atoms with Crippen molar-refractivity contribution < 1.29 is 61.3 Å². The van der Waals surface area contributed by atoms with Gasteiger partial charge in [0.25, 0.3) is 0 Å². The summed E-state index contributed by atoms with van der Waals surface area (Å²) >= 11 is 0. The van der Waals surface area contributed by atoms with Crippen LogP contribution in [0.15, 0.2) is 0 Å². The number of nitrogens with two attached hydrogens (primary N) is 1. The van der Waals surface area contributed by atoms with E-state index in [1.165, 1.54) is 4.90 Å². The molecule has 0 aliphatic carbocycles. The topological polar surface area (TPSA) is 296 Å². The second-order valence-corrected chi connectivity index (χ2v) is 10.3. The average molecular weight is 591 g/mol. The fraction of sp³-hybridized carbons (Fsp3) is 1.00. The van der Waals surface area contributed by atoms with Gasteiger partial charge in [-0.2, -0.15) is 0 Å². The smallest absolute Gasteiger partial charge is 0.0897 e. The fourth-order valence-electron chi connectivity index (χ4n) is 5.31. The Morgan fingerprint density at radius 2 is 0.900 bits per heavy atom. The van der Waals surface area contributed by atoms with Gasteiger partial charge in [-0.1, -0.05) is 0 Å². The summed E-state index contributed by atoms with van der Waals surface area (Å²) in [5.74, 6) is 0. The highest BCUT2D eigenvalue weighted by Crippen LogP contribution is 2.44.